The number of aryl methyl sites for hydroxylation is 1. The Labute approximate surface area is 187 Å². The van der Waals surface area contributed by atoms with Crippen LogP contribution in [0.15, 0.2) is 66.7 Å². The van der Waals surface area contributed by atoms with Crippen molar-refractivity contribution < 1.29 is 19.1 Å². The predicted octanol–water partition coefficient (Wildman–Crippen LogP) is 6.32. The molecule has 0 aliphatic heterocycles. The fraction of sp³-hybridized carbons (Fsp3) is 0.385. The van der Waals surface area contributed by atoms with Crippen LogP contribution in [0.25, 0.3) is 11.1 Å². The lowest BCUT2D eigenvalue weighted by atomic mass is 10.0. The van der Waals surface area contributed by atoms with Crippen LogP contribution in [0.3, 0.4) is 0 Å². The van der Waals surface area contributed by atoms with Crippen molar-refractivity contribution in [1.29, 1.82) is 0 Å². The molecule has 0 heterocycles. The van der Waals surface area contributed by atoms with Crippen LogP contribution in [0.5, 0.6) is 0 Å². The highest BCUT2D eigenvalue weighted by Gasteiger charge is 2.14. The van der Waals surface area contributed by atoms with Crippen molar-refractivity contribution >= 4 is 12.6 Å². The van der Waals surface area contributed by atoms with Gasteiger partial charge in [-0.25, -0.2) is 4.79 Å². The minimum Gasteiger partial charge on any atom is -0.468 e. The first kappa shape index (κ1) is 27.9. The number of ether oxygens (including phenoxy) is 2. The number of hydrogen-bond acceptors (Lipinski definition) is 4. The predicted molar refractivity (Wildman–Crippen MR) is 128 cm³/mol. The lowest BCUT2D eigenvalue weighted by molar-refractivity contribution is -0.128. The summed E-state index contributed by atoms with van der Waals surface area (Å²) in [5, 5.41) is 2.63. The van der Waals surface area contributed by atoms with Crippen molar-refractivity contribution in [2.45, 2.75) is 53.6 Å². The molecule has 0 aromatic heterocycles. The number of alkyl carbamates (subject to hydrolysis) is 1. The van der Waals surface area contributed by atoms with E-state index in [2.05, 4.69) is 65.5 Å². The lowest BCUT2D eigenvalue weighted by Crippen LogP contribution is -2.32. The van der Waals surface area contributed by atoms with Crippen LogP contribution in [-0.2, 0) is 14.3 Å². The standard InChI is InChI=1S/C13H12.C10H19NO2.C3H6O2/c1-11-7-9-13(10-8-11)12-5-3-2-4-6-12;1-5-6-7-8-11-9(12)13-10(2,3)4;1-2-5-3-4/h2-10H,1H3;6-7H,5,8H2,1-4H3,(H,11,12);3H,2H2,1H3/b;7-6+;. The van der Waals surface area contributed by atoms with Crippen LogP contribution in [0, 0.1) is 6.92 Å². The fourth-order valence-corrected chi connectivity index (χ4v) is 2.15. The molecule has 0 spiro atoms. The van der Waals surface area contributed by atoms with E-state index in [0.717, 1.165) is 6.42 Å². The van der Waals surface area contributed by atoms with E-state index >= 15 is 0 Å². The van der Waals surface area contributed by atoms with E-state index in [-0.39, 0.29) is 6.09 Å². The molecule has 0 radical (unpaired) electrons. The zero-order chi connectivity index (χ0) is 23.5. The van der Waals surface area contributed by atoms with Gasteiger partial charge in [-0.2, -0.15) is 0 Å². The molecule has 5 nitrogen and oxygen atoms in total. The summed E-state index contributed by atoms with van der Waals surface area (Å²) in [5.74, 6) is 0. The van der Waals surface area contributed by atoms with Crippen LogP contribution >= 0.6 is 0 Å². The Morgan fingerprint density at radius 1 is 0.935 bits per heavy atom. The van der Waals surface area contributed by atoms with E-state index in [1.54, 1.807) is 6.92 Å². The molecule has 2 aromatic rings. The Morgan fingerprint density at radius 2 is 1.52 bits per heavy atom. The third kappa shape index (κ3) is 16.4. The second-order valence-electron chi connectivity index (χ2n) is 7.55. The summed E-state index contributed by atoms with van der Waals surface area (Å²) in [4.78, 5) is 20.2. The maximum atomic E-state index is 11.1. The molecule has 5 heteroatoms. The molecular formula is C26H37NO4. The first-order valence-corrected chi connectivity index (χ1v) is 10.5. The van der Waals surface area contributed by atoms with Crippen molar-refractivity contribution in [3.8, 4) is 11.1 Å². The second kappa shape index (κ2) is 16.7. The highest BCUT2D eigenvalue weighted by Crippen LogP contribution is 2.18. The number of benzene rings is 2. The molecule has 0 unspecified atom stereocenters. The number of amides is 1. The van der Waals surface area contributed by atoms with Gasteiger partial charge >= 0.3 is 6.09 Å². The summed E-state index contributed by atoms with van der Waals surface area (Å²) in [5.41, 5.74) is 3.45. The van der Waals surface area contributed by atoms with E-state index in [9.17, 15) is 9.59 Å². The highest BCUT2D eigenvalue weighted by molar-refractivity contribution is 5.67. The van der Waals surface area contributed by atoms with Gasteiger partial charge in [-0.1, -0.05) is 79.2 Å². The molecule has 0 fully saturated rings. The van der Waals surface area contributed by atoms with Gasteiger partial charge in [-0.15, -0.1) is 0 Å². The normalized spacial score (nSPS) is 10.1. The fourth-order valence-electron chi connectivity index (χ4n) is 2.15. The maximum Gasteiger partial charge on any atom is 0.407 e. The van der Waals surface area contributed by atoms with Gasteiger partial charge in [-0.3, -0.25) is 4.79 Å². The number of allylic oxidation sites excluding steroid dienone is 1. The zero-order valence-corrected chi connectivity index (χ0v) is 19.7. The Balaban J connectivity index is 0.000000479. The Kier molecular flexibility index (Phi) is 15.0. The summed E-state index contributed by atoms with van der Waals surface area (Å²) in [6, 6.07) is 19.0. The van der Waals surface area contributed by atoms with Gasteiger partial charge < -0.3 is 14.8 Å². The number of rotatable bonds is 6. The molecule has 0 atom stereocenters. The molecule has 31 heavy (non-hydrogen) atoms. The van der Waals surface area contributed by atoms with Gasteiger partial charge in [-0.05, 0) is 52.2 Å². The summed E-state index contributed by atoms with van der Waals surface area (Å²) >= 11 is 0. The molecule has 2 rings (SSSR count). The number of carbonyl (C=O) groups excluding carboxylic acids is 2. The van der Waals surface area contributed by atoms with Crippen molar-refractivity contribution in [2.75, 3.05) is 13.2 Å². The molecule has 0 aliphatic carbocycles. The van der Waals surface area contributed by atoms with Crippen LogP contribution in [0.2, 0.25) is 0 Å². The second-order valence-corrected chi connectivity index (χ2v) is 7.55. The quantitative estimate of drug-likeness (QED) is 0.433. The molecule has 1 N–H and O–H groups in total. The van der Waals surface area contributed by atoms with E-state index in [4.69, 9.17) is 4.74 Å². The molecule has 0 saturated heterocycles. The number of hydrogen-bond donors (Lipinski definition) is 1. The van der Waals surface area contributed by atoms with Gasteiger partial charge in [0, 0.05) is 6.54 Å². The monoisotopic (exact) mass is 427 g/mol. The summed E-state index contributed by atoms with van der Waals surface area (Å²) in [6.45, 7) is 12.9. The van der Waals surface area contributed by atoms with Crippen molar-refractivity contribution in [1.82, 2.24) is 5.32 Å². The third-order valence-electron chi connectivity index (χ3n) is 3.56. The van der Waals surface area contributed by atoms with Crippen LogP contribution in [0.1, 0.15) is 46.6 Å². The van der Waals surface area contributed by atoms with Gasteiger partial charge in [0.1, 0.15) is 5.60 Å². The maximum absolute atomic E-state index is 11.1. The minimum atomic E-state index is -0.418. The molecule has 0 saturated carbocycles. The van der Waals surface area contributed by atoms with Crippen molar-refractivity contribution in [3.05, 3.63) is 72.3 Å². The number of carbonyl (C=O) groups is 2. The molecule has 0 bridgehead atoms. The minimum absolute atomic E-state index is 0.367. The van der Waals surface area contributed by atoms with Gasteiger partial charge in [0.15, 0.2) is 0 Å². The average molecular weight is 428 g/mol. The molecule has 0 aliphatic rings. The molecule has 2 aromatic carbocycles. The highest BCUT2D eigenvalue weighted by atomic mass is 16.6. The summed E-state index contributed by atoms with van der Waals surface area (Å²) < 4.78 is 9.19. The van der Waals surface area contributed by atoms with Crippen LogP contribution in [-0.4, -0.2) is 31.3 Å². The van der Waals surface area contributed by atoms with Crippen molar-refractivity contribution in [3.63, 3.8) is 0 Å². The topological polar surface area (TPSA) is 64.6 Å². The van der Waals surface area contributed by atoms with E-state index in [1.807, 2.05) is 45.9 Å². The van der Waals surface area contributed by atoms with Gasteiger partial charge in [0.25, 0.3) is 6.47 Å². The summed E-state index contributed by atoms with van der Waals surface area (Å²) in [6.07, 6.45) is 4.52. The van der Waals surface area contributed by atoms with Crippen LogP contribution < -0.4 is 5.32 Å². The van der Waals surface area contributed by atoms with E-state index in [0.29, 0.717) is 19.6 Å². The first-order valence-electron chi connectivity index (χ1n) is 10.5. The Morgan fingerprint density at radius 3 is 1.97 bits per heavy atom. The zero-order valence-electron chi connectivity index (χ0n) is 19.7. The summed E-state index contributed by atoms with van der Waals surface area (Å²) in [7, 11) is 0. The Bertz CT molecular complexity index is 747. The first-order chi connectivity index (χ1) is 14.7. The smallest absolute Gasteiger partial charge is 0.407 e. The third-order valence-corrected chi connectivity index (χ3v) is 3.56. The van der Waals surface area contributed by atoms with Gasteiger partial charge in [0.2, 0.25) is 0 Å². The molecule has 1 amide bonds. The van der Waals surface area contributed by atoms with Crippen LogP contribution in [0.4, 0.5) is 4.79 Å². The largest absolute Gasteiger partial charge is 0.468 e. The number of nitrogens with one attached hydrogen (secondary N) is 1. The van der Waals surface area contributed by atoms with Gasteiger partial charge in [0.05, 0.1) is 6.61 Å². The lowest BCUT2D eigenvalue weighted by Gasteiger charge is -2.19. The van der Waals surface area contributed by atoms with E-state index in [1.165, 1.54) is 16.7 Å². The molecular weight excluding hydrogens is 390 g/mol. The Hall–Kier alpha value is -3.08. The van der Waals surface area contributed by atoms with E-state index < -0.39 is 5.60 Å². The SMILES string of the molecule is CC/C=C/CNC(=O)OC(C)(C)C.CCOC=O.Cc1ccc(-c2ccccc2)cc1. The average Bonchev–Trinajstić information content (AvgIpc) is 2.73. The van der Waals surface area contributed by atoms with Crippen molar-refractivity contribution in [2.24, 2.45) is 0 Å². The molecule has 170 valence electrons.